The van der Waals surface area contributed by atoms with Gasteiger partial charge in [-0.05, 0) is 30.8 Å². The maximum Gasteiger partial charge on any atom is 0.492 e. The van der Waals surface area contributed by atoms with E-state index in [0.29, 0.717) is 0 Å². The van der Waals surface area contributed by atoms with Crippen LogP contribution in [0.25, 0.3) is 0 Å². The van der Waals surface area contributed by atoms with Gasteiger partial charge in [0, 0.05) is 0 Å². The summed E-state index contributed by atoms with van der Waals surface area (Å²) >= 11 is 0. The average molecular weight is 204 g/mol. The molecule has 0 saturated carbocycles. The Morgan fingerprint density at radius 3 is 2.60 bits per heavy atom. The lowest BCUT2D eigenvalue weighted by Gasteiger charge is -2.28. The van der Waals surface area contributed by atoms with Crippen LogP contribution in [0.1, 0.15) is 37.8 Å². The van der Waals surface area contributed by atoms with Crippen molar-refractivity contribution < 1.29 is 9.68 Å². The minimum absolute atomic E-state index is 0.275. The van der Waals surface area contributed by atoms with Gasteiger partial charge in [0.1, 0.15) is 0 Å². The summed E-state index contributed by atoms with van der Waals surface area (Å²) < 4.78 is 5.73. The Morgan fingerprint density at radius 1 is 1.33 bits per heavy atom. The standard InChI is InChI=1S/C12H17BO2/c1-4-12(5-2)10-7-6-9(3)8-11(10)13(14)15-12/h6-8,14H,4-5H2,1-3H3. The van der Waals surface area contributed by atoms with Gasteiger partial charge in [0.2, 0.25) is 0 Å². The predicted octanol–water partition coefficient (Wildman–Crippen LogP) is 1.73. The molecule has 2 rings (SSSR count). The van der Waals surface area contributed by atoms with Crippen molar-refractivity contribution in [2.45, 2.75) is 39.2 Å². The minimum Gasteiger partial charge on any atom is -0.423 e. The zero-order chi connectivity index (χ0) is 11.1. The maximum atomic E-state index is 9.88. The molecule has 0 radical (unpaired) electrons. The van der Waals surface area contributed by atoms with E-state index in [1.165, 1.54) is 5.56 Å². The number of rotatable bonds is 2. The van der Waals surface area contributed by atoms with Gasteiger partial charge in [0.05, 0.1) is 5.60 Å². The number of hydrogen-bond donors (Lipinski definition) is 1. The Hall–Kier alpha value is -0.795. The second-order valence-electron chi connectivity index (χ2n) is 4.26. The van der Waals surface area contributed by atoms with Crippen LogP contribution in [0.15, 0.2) is 18.2 Å². The molecule has 0 aliphatic carbocycles. The third-order valence-electron chi connectivity index (χ3n) is 3.44. The van der Waals surface area contributed by atoms with Crippen molar-refractivity contribution in [2.24, 2.45) is 0 Å². The van der Waals surface area contributed by atoms with E-state index in [2.05, 4.69) is 26.0 Å². The van der Waals surface area contributed by atoms with Crippen molar-refractivity contribution in [3.8, 4) is 0 Å². The molecule has 0 aromatic heterocycles. The number of hydrogen-bond acceptors (Lipinski definition) is 2. The van der Waals surface area contributed by atoms with Crippen LogP contribution >= 0.6 is 0 Å². The molecule has 1 aromatic carbocycles. The fourth-order valence-corrected chi connectivity index (χ4v) is 2.44. The van der Waals surface area contributed by atoms with Crippen LogP contribution in [0.5, 0.6) is 0 Å². The Balaban J connectivity index is 2.55. The van der Waals surface area contributed by atoms with Crippen molar-refractivity contribution >= 4 is 12.6 Å². The number of fused-ring (bicyclic) bond motifs is 1. The van der Waals surface area contributed by atoms with E-state index in [4.69, 9.17) is 4.65 Å². The molecular formula is C12H17BO2. The highest BCUT2D eigenvalue weighted by Crippen LogP contribution is 2.36. The molecule has 0 amide bonds. The van der Waals surface area contributed by atoms with E-state index in [1.807, 2.05) is 13.0 Å². The lowest BCUT2D eigenvalue weighted by Crippen LogP contribution is -2.29. The summed E-state index contributed by atoms with van der Waals surface area (Å²) in [5, 5.41) is 9.88. The van der Waals surface area contributed by atoms with Crippen LogP contribution in [0.3, 0.4) is 0 Å². The smallest absolute Gasteiger partial charge is 0.423 e. The van der Waals surface area contributed by atoms with Gasteiger partial charge in [-0.2, -0.15) is 0 Å². The van der Waals surface area contributed by atoms with E-state index in [-0.39, 0.29) is 5.60 Å². The van der Waals surface area contributed by atoms with Crippen LogP contribution < -0.4 is 5.46 Å². The molecule has 2 nitrogen and oxygen atoms in total. The van der Waals surface area contributed by atoms with E-state index in [0.717, 1.165) is 23.9 Å². The van der Waals surface area contributed by atoms with Crippen molar-refractivity contribution in [2.75, 3.05) is 0 Å². The first kappa shape index (κ1) is 10.7. The first-order valence-corrected chi connectivity index (χ1v) is 5.60. The zero-order valence-corrected chi connectivity index (χ0v) is 9.58. The molecule has 0 saturated heterocycles. The molecule has 0 unspecified atom stereocenters. The summed E-state index contributed by atoms with van der Waals surface area (Å²) in [6.45, 7) is 6.24. The van der Waals surface area contributed by atoms with Crippen LogP contribution in [-0.2, 0) is 10.3 Å². The van der Waals surface area contributed by atoms with Crippen molar-refractivity contribution in [1.29, 1.82) is 0 Å². The summed E-state index contributed by atoms with van der Waals surface area (Å²) in [6.07, 6.45) is 1.80. The van der Waals surface area contributed by atoms with Crippen LogP contribution in [-0.4, -0.2) is 12.1 Å². The number of benzene rings is 1. The third-order valence-corrected chi connectivity index (χ3v) is 3.44. The van der Waals surface area contributed by atoms with Gasteiger partial charge in [-0.3, -0.25) is 0 Å². The number of aryl methyl sites for hydroxylation is 1. The molecule has 3 heteroatoms. The highest BCUT2D eigenvalue weighted by Gasteiger charge is 2.44. The molecule has 0 bridgehead atoms. The van der Waals surface area contributed by atoms with Gasteiger partial charge in [-0.1, -0.05) is 37.6 Å². The summed E-state index contributed by atoms with van der Waals surface area (Å²) in [7, 11) is -0.750. The predicted molar refractivity (Wildman–Crippen MR) is 62.1 cm³/mol. The molecule has 15 heavy (non-hydrogen) atoms. The Kier molecular flexibility index (Phi) is 2.61. The zero-order valence-electron chi connectivity index (χ0n) is 9.58. The molecule has 0 fully saturated rings. The van der Waals surface area contributed by atoms with Gasteiger partial charge in [0.15, 0.2) is 0 Å². The lowest BCUT2D eigenvalue weighted by molar-refractivity contribution is 0.0520. The summed E-state index contributed by atoms with van der Waals surface area (Å²) in [4.78, 5) is 0. The fourth-order valence-electron chi connectivity index (χ4n) is 2.44. The van der Waals surface area contributed by atoms with Crippen molar-refractivity contribution in [3.63, 3.8) is 0 Å². The molecule has 1 aliphatic heterocycles. The average Bonchev–Trinajstić information content (AvgIpc) is 2.52. The Morgan fingerprint density at radius 2 is 2.00 bits per heavy atom. The van der Waals surface area contributed by atoms with Gasteiger partial charge in [-0.25, -0.2) is 0 Å². The van der Waals surface area contributed by atoms with E-state index < -0.39 is 7.12 Å². The molecule has 0 spiro atoms. The van der Waals surface area contributed by atoms with Crippen LogP contribution in [0.2, 0.25) is 0 Å². The van der Waals surface area contributed by atoms with E-state index in [1.54, 1.807) is 0 Å². The first-order chi connectivity index (χ1) is 7.13. The van der Waals surface area contributed by atoms with Crippen molar-refractivity contribution in [1.82, 2.24) is 0 Å². The van der Waals surface area contributed by atoms with Crippen LogP contribution in [0.4, 0.5) is 0 Å². The monoisotopic (exact) mass is 204 g/mol. The minimum atomic E-state index is -0.750. The van der Waals surface area contributed by atoms with Crippen LogP contribution in [0, 0.1) is 6.92 Å². The summed E-state index contributed by atoms with van der Waals surface area (Å²) in [6, 6.07) is 6.20. The van der Waals surface area contributed by atoms with Gasteiger partial charge < -0.3 is 9.68 Å². The van der Waals surface area contributed by atoms with E-state index in [9.17, 15) is 5.02 Å². The van der Waals surface area contributed by atoms with Crippen molar-refractivity contribution in [3.05, 3.63) is 29.3 Å². The maximum absolute atomic E-state index is 9.88. The van der Waals surface area contributed by atoms with Gasteiger partial charge in [0.25, 0.3) is 0 Å². The molecule has 1 aliphatic rings. The molecule has 80 valence electrons. The van der Waals surface area contributed by atoms with Gasteiger partial charge in [-0.15, -0.1) is 0 Å². The molecule has 1 N–H and O–H groups in total. The molecule has 1 heterocycles. The largest absolute Gasteiger partial charge is 0.492 e. The quantitative estimate of drug-likeness (QED) is 0.743. The molecule has 0 atom stereocenters. The molecule has 1 aromatic rings. The normalized spacial score (nSPS) is 18.0. The topological polar surface area (TPSA) is 29.5 Å². The first-order valence-electron chi connectivity index (χ1n) is 5.60. The summed E-state index contributed by atoms with van der Waals surface area (Å²) in [5.74, 6) is 0. The SMILES string of the molecule is CCC1(CC)OB(O)c2cc(C)ccc21. The second kappa shape index (κ2) is 3.65. The van der Waals surface area contributed by atoms with E-state index >= 15 is 0 Å². The van der Waals surface area contributed by atoms with Gasteiger partial charge >= 0.3 is 7.12 Å². The Labute approximate surface area is 91.4 Å². The molecular weight excluding hydrogens is 187 g/mol. The third kappa shape index (κ3) is 1.50. The second-order valence-corrected chi connectivity index (χ2v) is 4.26. The lowest BCUT2D eigenvalue weighted by atomic mass is 9.76. The highest BCUT2D eigenvalue weighted by atomic mass is 16.5. The highest BCUT2D eigenvalue weighted by molar-refractivity contribution is 6.62. The Bertz CT molecular complexity index is 372. The fraction of sp³-hybridized carbons (Fsp3) is 0.500. The summed E-state index contributed by atoms with van der Waals surface area (Å²) in [5.41, 5.74) is 2.99.